The van der Waals surface area contributed by atoms with Gasteiger partial charge in [0.15, 0.2) is 5.65 Å². The molecule has 6 nitrogen and oxygen atoms in total. The maximum Gasteiger partial charge on any atom is 0.262 e. The fourth-order valence-electron chi connectivity index (χ4n) is 3.71. The molecule has 4 rings (SSSR count). The lowest BCUT2D eigenvalue weighted by molar-refractivity contribution is 0.242. The zero-order chi connectivity index (χ0) is 17.6. The van der Waals surface area contributed by atoms with Crippen molar-refractivity contribution in [3.63, 3.8) is 0 Å². The van der Waals surface area contributed by atoms with Crippen LogP contribution in [0.15, 0.2) is 29.2 Å². The minimum Gasteiger partial charge on any atom is -0.309 e. The van der Waals surface area contributed by atoms with E-state index in [1.165, 1.54) is 16.7 Å². The molecule has 1 saturated heterocycles. The Bertz CT molecular complexity index is 987. The molecule has 0 amide bonds. The normalized spacial score (nSPS) is 18.3. The number of aromatic nitrogens is 4. The number of hydrogen-bond donors (Lipinski definition) is 1. The maximum absolute atomic E-state index is 12.3. The van der Waals surface area contributed by atoms with E-state index in [1.807, 2.05) is 7.05 Å². The van der Waals surface area contributed by atoms with Crippen molar-refractivity contribution < 1.29 is 0 Å². The molecule has 6 heteroatoms. The predicted molar refractivity (Wildman–Crippen MR) is 97.4 cm³/mol. The molecule has 130 valence electrons. The van der Waals surface area contributed by atoms with Crippen molar-refractivity contribution in [3.05, 3.63) is 57.3 Å². The molecule has 25 heavy (non-hydrogen) atoms. The van der Waals surface area contributed by atoms with Gasteiger partial charge < -0.3 is 4.98 Å². The van der Waals surface area contributed by atoms with Crippen LogP contribution in [-0.2, 0) is 13.6 Å². The van der Waals surface area contributed by atoms with Gasteiger partial charge in [-0.25, -0.2) is 4.98 Å². The summed E-state index contributed by atoms with van der Waals surface area (Å²) >= 11 is 0. The van der Waals surface area contributed by atoms with Crippen LogP contribution in [0.3, 0.4) is 0 Å². The van der Waals surface area contributed by atoms with Crippen LogP contribution < -0.4 is 5.56 Å². The lowest BCUT2D eigenvalue weighted by Gasteiger charge is -2.24. The van der Waals surface area contributed by atoms with Gasteiger partial charge in [-0.2, -0.15) is 5.10 Å². The van der Waals surface area contributed by atoms with Crippen LogP contribution in [0, 0.1) is 13.8 Å². The summed E-state index contributed by atoms with van der Waals surface area (Å²) < 4.78 is 1.65. The van der Waals surface area contributed by atoms with Gasteiger partial charge in [-0.3, -0.25) is 14.4 Å². The lowest BCUT2D eigenvalue weighted by Crippen LogP contribution is -2.25. The summed E-state index contributed by atoms with van der Waals surface area (Å²) in [7, 11) is 1.81. The predicted octanol–water partition coefficient (Wildman–Crippen LogP) is 2.61. The molecule has 0 spiro atoms. The van der Waals surface area contributed by atoms with Crippen molar-refractivity contribution in [3.8, 4) is 0 Å². The summed E-state index contributed by atoms with van der Waals surface area (Å²) in [5, 5.41) is 4.67. The molecule has 2 aromatic heterocycles. The second-order valence-electron chi connectivity index (χ2n) is 6.99. The number of benzene rings is 1. The van der Waals surface area contributed by atoms with Crippen molar-refractivity contribution in [2.75, 3.05) is 6.54 Å². The summed E-state index contributed by atoms with van der Waals surface area (Å²) in [6, 6.07) is 7.10. The zero-order valence-electron chi connectivity index (χ0n) is 14.9. The van der Waals surface area contributed by atoms with Crippen molar-refractivity contribution in [2.24, 2.45) is 7.05 Å². The third-order valence-electron chi connectivity index (χ3n) is 5.28. The molecule has 0 saturated carbocycles. The van der Waals surface area contributed by atoms with Gasteiger partial charge >= 0.3 is 0 Å². The van der Waals surface area contributed by atoms with Crippen LogP contribution in [0.2, 0.25) is 0 Å². The number of nitrogens with one attached hydrogen (secondary N) is 1. The Balaban J connectivity index is 1.64. The van der Waals surface area contributed by atoms with Gasteiger partial charge in [-0.1, -0.05) is 18.2 Å². The van der Waals surface area contributed by atoms with Gasteiger partial charge in [0.2, 0.25) is 0 Å². The molecule has 1 aliphatic rings. The van der Waals surface area contributed by atoms with E-state index >= 15 is 0 Å². The number of H-pyrrole nitrogens is 1. The van der Waals surface area contributed by atoms with Crippen LogP contribution in [0.1, 0.15) is 41.4 Å². The highest BCUT2D eigenvalue weighted by atomic mass is 16.1. The number of likely N-dealkylation sites (tertiary alicyclic amines) is 1. The Morgan fingerprint density at radius 1 is 1.28 bits per heavy atom. The van der Waals surface area contributed by atoms with E-state index < -0.39 is 0 Å². The molecule has 1 atom stereocenters. The minimum atomic E-state index is -0.116. The largest absolute Gasteiger partial charge is 0.309 e. The first kappa shape index (κ1) is 16.0. The molecule has 1 N–H and O–H groups in total. The van der Waals surface area contributed by atoms with Gasteiger partial charge in [0.1, 0.15) is 11.2 Å². The Morgan fingerprint density at radius 3 is 2.92 bits per heavy atom. The van der Waals surface area contributed by atoms with Crippen molar-refractivity contribution in [2.45, 2.75) is 39.3 Å². The molecule has 3 heterocycles. The highest BCUT2D eigenvalue weighted by Crippen LogP contribution is 2.33. The van der Waals surface area contributed by atoms with E-state index in [-0.39, 0.29) is 5.56 Å². The van der Waals surface area contributed by atoms with Gasteiger partial charge in [0.25, 0.3) is 5.56 Å². The Hall–Kier alpha value is -2.47. The number of nitrogens with zero attached hydrogens (tertiary/aromatic N) is 4. The van der Waals surface area contributed by atoms with E-state index in [2.05, 4.69) is 52.0 Å². The standard InChI is InChI=1S/C19H23N5O/c1-12-6-7-14(9-13(12)2)16-5-4-8-24(16)11-17-21-18-15(19(25)22-17)10-20-23(18)3/h6-7,9-10,16H,4-5,8,11H2,1-3H3,(H,21,22,25)/t16-/m1/s1. The fraction of sp³-hybridized carbons (Fsp3) is 0.421. The molecule has 1 aliphatic heterocycles. The zero-order valence-corrected chi connectivity index (χ0v) is 14.9. The van der Waals surface area contributed by atoms with E-state index in [0.717, 1.165) is 19.4 Å². The first-order valence-electron chi connectivity index (χ1n) is 8.75. The second-order valence-corrected chi connectivity index (χ2v) is 6.99. The molecule has 0 unspecified atom stereocenters. The van der Waals surface area contributed by atoms with E-state index in [9.17, 15) is 4.79 Å². The van der Waals surface area contributed by atoms with Gasteiger partial charge in [0, 0.05) is 13.1 Å². The topological polar surface area (TPSA) is 66.8 Å². The molecular formula is C19H23N5O. The van der Waals surface area contributed by atoms with Gasteiger partial charge in [-0.05, 0) is 49.9 Å². The number of rotatable bonds is 3. The summed E-state index contributed by atoms with van der Waals surface area (Å²) in [5.41, 5.74) is 4.52. The van der Waals surface area contributed by atoms with E-state index in [0.29, 0.717) is 29.4 Å². The van der Waals surface area contributed by atoms with Crippen molar-refractivity contribution >= 4 is 11.0 Å². The fourth-order valence-corrected chi connectivity index (χ4v) is 3.71. The first-order chi connectivity index (χ1) is 12.0. The average Bonchev–Trinajstić information content (AvgIpc) is 3.18. The third-order valence-corrected chi connectivity index (χ3v) is 5.28. The van der Waals surface area contributed by atoms with Crippen LogP contribution >= 0.6 is 0 Å². The number of hydrogen-bond acceptors (Lipinski definition) is 4. The smallest absolute Gasteiger partial charge is 0.262 e. The van der Waals surface area contributed by atoms with Crippen molar-refractivity contribution in [1.82, 2.24) is 24.6 Å². The quantitative estimate of drug-likeness (QED) is 0.798. The number of aryl methyl sites for hydroxylation is 3. The highest BCUT2D eigenvalue weighted by Gasteiger charge is 2.27. The molecular weight excluding hydrogens is 314 g/mol. The minimum absolute atomic E-state index is 0.116. The first-order valence-corrected chi connectivity index (χ1v) is 8.75. The summed E-state index contributed by atoms with van der Waals surface area (Å²) in [5.74, 6) is 0.705. The summed E-state index contributed by atoms with van der Waals surface area (Å²) in [4.78, 5) is 22.2. The Morgan fingerprint density at radius 2 is 2.12 bits per heavy atom. The van der Waals surface area contributed by atoms with Gasteiger partial charge in [0.05, 0.1) is 12.7 Å². The molecule has 0 bridgehead atoms. The van der Waals surface area contributed by atoms with Crippen LogP contribution in [0.25, 0.3) is 11.0 Å². The van der Waals surface area contributed by atoms with Crippen LogP contribution in [-0.4, -0.2) is 31.2 Å². The van der Waals surface area contributed by atoms with Crippen LogP contribution in [0.5, 0.6) is 0 Å². The monoisotopic (exact) mass is 337 g/mol. The molecule has 0 radical (unpaired) electrons. The molecule has 1 aromatic carbocycles. The third kappa shape index (κ3) is 2.87. The van der Waals surface area contributed by atoms with E-state index in [1.54, 1.807) is 10.9 Å². The summed E-state index contributed by atoms with van der Waals surface area (Å²) in [6.45, 7) is 5.97. The lowest BCUT2D eigenvalue weighted by atomic mass is 9.99. The molecule has 0 aliphatic carbocycles. The Kier molecular flexibility index (Phi) is 3.92. The average molecular weight is 337 g/mol. The van der Waals surface area contributed by atoms with Crippen molar-refractivity contribution in [1.29, 1.82) is 0 Å². The molecule has 3 aromatic rings. The number of aromatic amines is 1. The molecule has 1 fully saturated rings. The SMILES string of the molecule is Cc1ccc([C@H]2CCCN2Cc2nc3c(cnn3C)c(=O)[nH]2)cc1C. The second kappa shape index (κ2) is 6.11. The van der Waals surface area contributed by atoms with Crippen LogP contribution in [0.4, 0.5) is 0 Å². The van der Waals surface area contributed by atoms with Gasteiger partial charge in [-0.15, -0.1) is 0 Å². The maximum atomic E-state index is 12.3. The van der Waals surface area contributed by atoms with E-state index in [4.69, 9.17) is 0 Å². The Labute approximate surface area is 146 Å². The number of fused-ring (bicyclic) bond motifs is 1. The summed E-state index contributed by atoms with van der Waals surface area (Å²) in [6.07, 6.45) is 3.87. The highest BCUT2D eigenvalue weighted by molar-refractivity contribution is 5.72.